The highest BCUT2D eigenvalue weighted by molar-refractivity contribution is 5.94. The second kappa shape index (κ2) is 9.91. The molecule has 2 N–H and O–H groups in total. The number of aromatic nitrogens is 1. The van der Waals surface area contributed by atoms with Crippen LogP contribution in [0.4, 0.5) is 4.39 Å². The Hall–Kier alpha value is -3.94. The van der Waals surface area contributed by atoms with Crippen molar-refractivity contribution in [3.8, 4) is 22.8 Å². The van der Waals surface area contributed by atoms with E-state index in [0.29, 0.717) is 22.6 Å². The molecule has 0 saturated carbocycles. The summed E-state index contributed by atoms with van der Waals surface area (Å²) in [6, 6.07) is 13.5. The van der Waals surface area contributed by atoms with E-state index in [-0.39, 0.29) is 17.9 Å². The van der Waals surface area contributed by atoms with Crippen LogP contribution in [-0.2, 0) is 4.79 Å². The van der Waals surface area contributed by atoms with Gasteiger partial charge in [-0.25, -0.2) is 9.37 Å². The van der Waals surface area contributed by atoms with Crippen molar-refractivity contribution >= 4 is 11.9 Å². The van der Waals surface area contributed by atoms with Crippen molar-refractivity contribution < 1.29 is 28.6 Å². The lowest BCUT2D eigenvalue weighted by Crippen LogP contribution is -2.31. The Bertz CT molecular complexity index is 1150. The molecule has 1 atom stereocenters. The summed E-state index contributed by atoms with van der Waals surface area (Å²) >= 11 is 0. The molecule has 3 aromatic rings. The number of pyridine rings is 1. The lowest BCUT2D eigenvalue weighted by Gasteiger charge is -2.20. The molecule has 2 aromatic carbocycles. The number of carboxylic acid groups (broad SMARTS) is 1. The molecule has 8 heteroatoms. The van der Waals surface area contributed by atoms with E-state index < -0.39 is 23.7 Å². The fraction of sp³-hybridized carbons (Fsp3) is 0.208. The molecule has 0 aliphatic rings. The summed E-state index contributed by atoms with van der Waals surface area (Å²) in [6.07, 6.45) is -0.286. The van der Waals surface area contributed by atoms with Crippen LogP contribution < -0.4 is 14.8 Å². The number of ether oxygens (including phenoxy) is 2. The maximum atomic E-state index is 13.6. The maximum absolute atomic E-state index is 13.6. The summed E-state index contributed by atoms with van der Waals surface area (Å²) in [4.78, 5) is 28.8. The SMILES string of the molecule is COc1cc(F)ccc1-c1nc(C(=O)NC(CC(=O)O)c2ccccc2C)ccc1OC. The summed E-state index contributed by atoms with van der Waals surface area (Å²) < 4.78 is 24.3. The van der Waals surface area contributed by atoms with Crippen LogP contribution >= 0.6 is 0 Å². The van der Waals surface area contributed by atoms with Gasteiger partial charge >= 0.3 is 5.97 Å². The molecule has 32 heavy (non-hydrogen) atoms. The zero-order valence-electron chi connectivity index (χ0n) is 17.9. The van der Waals surface area contributed by atoms with Crippen LogP contribution in [0.3, 0.4) is 0 Å². The van der Waals surface area contributed by atoms with Crippen LogP contribution in [0.15, 0.2) is 54.6 Å². The molecule has 1 amide bonds. The van der Waals surface area contributed by atoms with Crippen LogP contribution in [0.2, 0.25) is 0 Å². The van der Waals surface area contributed by atoms with Gasteiger partial charge in [0, 0.05) is 11.6 Å². The van der Waals surface area contributed by atoms with Gasteiger partial charge in [0.15, 0.2) is 0 Å². The number of benzene rings is 2. The summed E-state index contributed by atoms with van der Waals surface area (Å²) in [5, 5.41) is 12.1. The van der Waals surface area contributed by atoms with E-state index in [1.807, 2.05) is 19.1 Å². The van der Waals surface area contributed by atoms with Gasteiger partial charge in [0.05, 0.1) is 26.7 Å². The first-order chi connectivity index (χ1) is 15.3. The van der Waals surface area contributed by atoms with Gasteiger partial charge in [-0.15, -0.1) is 0 Å². The first-order valence-corrected chi connectivity index (χ1v) is 9.81. The van der Waals surface area contributed by atoms with Gasteiger partial charge in [-0.1, -0.05) is 24.3 Å². The van der Waals surface area contributed by atoms with Gasteiger partial charge in [-0.2, -0.15) is 0 Å². The van der Waals surface area contributed by atoms with Crippen molar-refractivity contribution in [3.63, 3.8) is 0 Å². The minimum absolute atomic E-state index is 0.0520. The van der Waals surface area contributed by atoms with E-state index >= 15 is 0 Å². The fourth-order valence-corrected chi connectivity index (χ4v) is 3.41. The molecule has 1 unspecified atom stereocenters. The summed E-state index contributed by atoms with van der Waals surface area (Å²) in [5.41, 5.74) is 2.36. The number of aliphatic carboxylic acids is 1. The number of hydrogen-bond acceptors (Lipinski definition) is 5. The van der Waals surface area contributed by atoms with Crippen molar-refractivity contribution in [1.29, 1.82) is 0 Å². The molecule has 0 fully saturated rings. The molecule has 0 aliphatic carbocycles. The Kier molecular flexibility index (Phi) is 7.04. The number of carbonyl (C=O) groups excluding carboxylic acids is 1. The molecule has 1 heterocycles. The topological polar surface area (TPSA) is 97.8 Å². The zero-order valence-corrected chi connectivity index (χ0v) is 17.9. The number of nitrogens with zero attached hydrogens (tertiary/aromatic N) is 1. The quantitative estimate of drug-likeness (QED) is 0.548. The van der Waals surface area contributed by atoms with Crippen molar-refractivity contribution in [3.05, 3.63) is 77.2 Å². The third-order valence-corrected chi connectivity index (χ3v) is 4.98. The Balaban J connectivity index is 1.99. The first kappa shape index (κ1) is 22.7. The number of amides is 1. The van der Waals surface area contributed by atoms with E-state index in [1.165, 1.54) is 38.5 Å². The van der Waals surface area contributed by atoms with Crippen LogP contribution in [0, 0.1) is 12.7 Å². The van der Waals surface area contributed by atoms with Gasteiger partial charge in [0.2, 0.25) is 0 Å². The number of hydrogen-bond donors (Lipinski definition) is 2. The largest absolute Gasteiger partial charge is 0.496 e. The van der Waals surface area contributed by atoms with E-state index in [2.05, 4.69) is 10.3 Å². The van der Waals surface area contributed by atoms with Crippen molar-refractivity contribution in [2.75, 3.05) is 14.2 Å². The molecule has 0 bridgehead atoms. The highest BCUT2D eigenvalue weighted by Gasteiger charge is 2.23. The van der Waals surface area contributed by atoms with Gasteiger partial charge in [0.25, 0.3) is 5.91 Å². The van der Waals surface area contributed by atoms with Crippen LogP contribution in [-0.4, -0.2) is 36.2 Å². The molecular weight excluding hydrogens is 415 g/mol. The number of aryl methyl sites for hydroxylation is 1. The van der Waals surface area contributed by atoms with Crippen LogP contribution in [0.25, 0.3) is 11.3 Å². The summed E-state index contributed by atoms with van der Waals surface area (Å²) in [6.45, 7) is 1.85. The van der Waals surface area contributed by atoms with E-state index in [9.17, 15) is 19.1 Å². The van der Waals surface area contributed by atoms with Crippen molar-refractivity contribution in [1.82, 2.24) is 10.3 Å². The second-order valence-electron chi connectivity index (χ2n) is 7.07. The molecule has 7 nitrogen and oxygen atoms in total. The summed E-state index contributed by atoms with van der Waals surface area (Å²) in [5.74, 6) is -1.47. The molecule has 3 rings (SSSR count). The van der Waals surface area contributed by atoms with Crippen molar-refractivity contribution in [2.24, 2.45) is 0 Å². The van der Waals surface area contributed by atoms with Crippen LogP contribution in [0.5, 0.6) is 11.5 Å². The Morgan fingerprint density at radius 3 is 2.44 bits per heavy atom. The fourth-order valence-electron chi connectivity index (χ4n) is 3.41. The number of halogens is 1. The Labute approximate surface area is 184 Å². The normalized spacial score (nSPS) is 11.5. The van der Waals surface area contributed by atoms with Gasteiger partial charge in [0.1, 0.15) is 28.7 Å². The molecule has 0 radical (unpaired) electrons. The van der Waals surface area contributed by atoms with E-state index in [0.717, 1.165) is 5.56 Å². The Morgan fingerprint density at radius 2 is 1.78 bits per heavy atom. The van der Waals surface area contributed by atoms with Gasteiger partial charge in [-0.3, -0.25) is 9.59 Å². The summed E-state index contributed by atoms with van der Waals surface area (Å²) in [7, 11) is 2.86. The number of carbonyl (C=O) groups is 2. The monoisotopic (exact) mass is 438 g/mol. The zero-order chi connectivity index (χ0) is 23.3. The number of carboxylic acids is 1. The van der Waals surface area contributed by atoms with Gasteiger partial charge in [-0.05, 0) is 42.3 Å². The average Bonchev–Trinajstić information content (AvgIpc) is 2.78. The first-order valence-electron chi connectivity index (χ1n) is 9.81. The molecular formula is C24H23FN2O5. The lowest BCUT2D eigenvalue weighted by molar-refractivity contribution is -0.137. The highest BCUT2D eigenvalue weighted by Crippen LogP contribution is 2.35. The maximum Gasteiger partial charge on any atom is 0.305 e. The number of nitrogens with one attached hydrogen (secondary N) is 1. The second-order valence-corrected chi connectivity index (χ2v) is 7.07. The third kappa shape index (κ3) is 5.03. The predicted octanol–water partition coefficient (Wildman–Crippen LogP) is 4.16. The third-order valence-electron chi connectivity index (χ3n) is 4.98. The van der Waals surface area contributed by atoms with Crippen molar-refractivity contribution in [2.45, 2.75) is 19.4 Å². The molecule has 0 spiro atoms. The highest BCUT2D eigenvalue weighted by atomic mass is 19.1. The minimum atomic E-state index is -1.04. The minimum Gasteiger partial charge on any atom is -0.496 e. The van der Waals surface area contributed by atoms with E-state index in [4.69, 9.17) is 9.47 Å². The number of rotatable bonds is 8. The predicted molar refractivity (Wildman–Crippen MR) is 116 cm³/mol. The van der Waals surface area contributed by atoms with E-state index in [1.54, 1.807) is 18.2 Å². The standard InChI is InChI=1S/C24H23FN2O5/c1-14-6-4-5-7-16(14)19(13-22(28)29)27-24(30)18-10-11-20(31-2)23(26-18)17-9-8-15(25)12-21(17)32-3/h4-12,19H,13H2,1-3H3,(H,27,30)(H,28,29). The Morgan fingerprint density at radius 1 is 1.06 bits per heavy atom. The molecule has 166 valence electrons. The lowest BCUT2D eigenvalue weighted by atomic mass is 9.98. The number of methoxy groups -OCH3 is 2. The average molecular weight is 438 g/mol. The molecule has 0 saturated heterocycles. The molecule has 1 aromatic heterocycles. The van der Waals surface area contributed by atoms with Crippen LogP contribution in [0.1, 0.15) is 34.1 Å². The molecule has 0 aliphatic heterocycles. The smallest absolute Gasteiger partial charge is 0.305 e. The van der Waals surface area contributed by atoms with Gasteiger partial charge < -0.3 is 19.9 Å².